The molecule has 1 fully saturated rings. The summed E-state index contributed by atoms with van der Waals surface area (Å²) in [5, 5.41) is 16.4. The Morgan fingerprint density at radius 3 is 2.85 bits per heavy atom. The highest BCUT2D eigenvalue weighted by atomic mass is 16.5. The maximum atomic E-state index is 13.1. The summed E-state index contributed by atoms with van der Waals surface area (Å²) in [6.07, 6.45) is 2.98. The maximum absolute atomic E-state index is 13.1. The smallest absolute Gasteiger partial charge is 0.259 e. The number of fused-ring (bicyclic) bond motifs is 1. The number of amides is 1. The van der Waals surface area contributed by atoms with Gasteiger partial charge in [-0.15, -0.1) is 10.2 Å². The molecule has 2 aliphatic rings. The first kappa shape index (κ1) is 17.2. The molecule has 8 heteroatoms. The molecule has 1 saturated heterocycles. The lowest BCUT2D eigenvalue weighted by Gasteiger charge is -2.21. The van der Waals surface area contributed by atoms with Gasteiger partial charge in [0.05, 0.1) is 11.7 Å². The van der Waals surface area contributed by atoms with Crippen molar-refractivity contribution < 1.29 is 9.32 Å². The van der Waals surface area contributed by atoms with E-state index < -0.39 is 0 Å². The van der Waals surface area contributed by atoms with Crippen LogP contribution < -0.4 is 5.32 Å². The quantitative estimate of drug-likeness (QED) is 0.900. The van der Waals surface area contributed by atoms with E-state index in [0.717, 1.165) is 36.9 Å². The number of carbonyl (C=O) groups is 1. The van der Waals surface area contributed by atoms with Gasteiger partial charge in [-0.1, -0.05) is 19.0 Å². The van der Waals surface area contributed by atoms with Crippen LogP contribution in [0.4, 0.5) is 0 Å². The molecule has 1 amide bonds. The summed E-state index contributed by atoms with van der Waals surface area (Å²) in [5.74, 6) is 2.73. The van der Waals surface area contributed by atoms with Crippen LogP contribution in [0.3, 0.4) is 0 Å². The molecule has 26 heavy (non-hydrogen) atoms. The van der Waals surface area contributed by atoms with Gasteiger partial charge in [0.2, 0.25) is 0 Å². The van der Waals surface area contributed by atoms with Crippen molar-refractivity contribution in [3.05, 3.63) is 28.7 Å². The molecule has 0 radical (unpaired) electrons. The van der Waals surface area contributed by atoms with Crippen LogP contribution in [0.5, 0.6) is 0 Å². The zero-order valence-electron chi connectivity index (χ0n) is 15.7. The van der Waals surface area contributed by atoms with Gasteiger partial charge in [0.25, 0.3) is 5.91 Å². The highest BCUT2D eigenvalue weighted by molar-refractivity contribution is 5.96. The van der Waals surface area contributed by atoms with Gasteiger partial charge in [0.15, 0.2) is 0 Å². The molecule has 8 nitrogen and oxygen atoms in total. The second-order valence-corrected chi connectivity index (χ2v) is 7.47. The van der Waals surface area contributed by atoms with Gasteiger partial charge in [-0.05, 0) is 32.2 Å². The number of nitrogens with one attached hydrogen (secondary N) is 1. The summed E-state index contributed by atoms with van der Waals surface area (Å²) in [6, 6.07) is 0.284. The lowest BCUT2D eigenvalue weighted by atomic mass is 10.0. The van der Waals surface area contributed by atoms with Crippen molar-refractivity contribution in [2.24, 2.45) is 0 Å². The summed E-state index contributed by atoms with van der Waals surface area (Å²) < 4.78 is 7.49. The maximum Gasteiger partial charge on any atom is 0.259 e. The van der Waals surface area contributed by atoms with E-state index in [4.69, 9.17) is 4.52 Å². The first-order valence-corrected chi connectivity index (χ1v) is 9.47. The first-order chi connectivity index (χ1) is 12.6. The highest BCUT2D eigenvalue weighted by Gasteiger charge is 2.30. The van der Waals surface area contributed by atoms with Crippen molar-refractivity contribution in [1.82, 2.24) is 30.1 Å². The van der Waals surface area contributed by atoms with E-state index in [0.29, 0.717) is 30.8 Å². The average molecular weight is 358 g/mol. The van der Waals surface area contributed by atoms with Crippen molar-refractivity contribution in [2.75, 3.05) is 19.6 Å². The number of hydrogen-bond donors (Lipinski definition) is 1. The standard InChI is InChI=1S/C18H26N6O2/c1-11(2)16-15(12(3)26-22-16)18(25)23-8-6-14-20-21-17(24(14)10-9-23)13-5-4-7-19-13/h11,13,19H,4-10H2,1-3H3/t13-/m0/s1. The summed E-state index contributed by atoms with van der Waals surface area (Å²) in [6.45, 7) is 8.90. The fourth-order valence-electron chi connectivity index (χ4n) is 3.91. The molecule has 2 aromatic heterocycles. The molecule has 0 spiro atoms. The summed E-state index contributed by atoms with van der Waals surface area (Å²) in [5.41, 5.74) is 1.36. The molecule has 2 aliphatic heterocycles. The van der Waals surface area contributed by atoms with Crippen molar-refractivity contribution in [1.29, 1.82) is 0 Å². The average Bonchev–Trinajstić information content (AvgIpc) is 3.31. The van der Waals surface area contributed by atoms with Crippen molar-refractivity contribution in [3.8, 4) is 0 Å². The lowest BCUT2D eigenvalue weighted by Crippen LogP contribution is -2.34. The molecule has 1 atom stereocenters. The number of hydrogen-bond acceptors (Lipinski definition) is 6. The van der Waals surface area contributed by atoms with E-state index in [1.165, 1.54) is 6.42 Å². The van der Waals surface area contributed by atoms with E-state index in [1.807, 2.05) is 25.7 Å². The summed E-state index contributed by atoms with van der Waals surface area (Å²) in [4.78, 5) is 15.0. The minimum Gasteiger partial charge on any atom is -0.361 e. The Morgan fingerprint density at radius 1 is 1.27 bits per heavy atom. The third kappa shape index (κ3) is 2.92. The SMILES string of the molecule is Cc1onc(C(C)C)c1C(=O)N1CCc2nnc([C@@H]3CCCN3)n2CC1. The number of nitrogens with zero attached hydrogens (tertiary/aromatic N) is 5. The lowest BCUT2D eigenvalue weighted by molar-refractivity contribution is 0.0755. The van der Waals surface area contributed by atoms with Crippen molar-refractivity contribution in [3.63, 3.8) is 0 Å². The van der Waals surface area contributed by atoms with Crippen molar-refractivity contribution >= 4 is 5.91 Å². The molecule has 0 bridgehead atoms. The Morgan fingerprint density at radius 2 is 2.12 bits per heavy atom. The molecule has 4 heterocycles. The molecular weight excluding hydrogens is 332 g/mol. The molecule has 2 aromatic rings. The Labute approximate surface area is 152 Å². The zero-order chi connectivity index (χ0) is 18.3. The monoisotopic (exact) mass is 358 g/mol. The second-order valence-electron chi connectivity index (χ2n) is 7.47. The fourth-order valence-corrected chi connectivity index (χ4v) is 3.91. The Balaban J connectivity index is 1.54. The molecular formula is C18H26N6O2. The van der Waals surface area contributed by atoms with Crippen LogP contribution in [-0.2, 0) is 13.0 Å². The van der Waals surface area contributed by atoms with Gasteiger partial charge in [-0.25, -0.2) is 0 Å². The third-order valence-corrected chi connectivity index (χ3v) is 5.36. The number of aryl methyl sites for hydroxylation is 1. The molecule has 0 aliphatic carbocycles. The largest absolute Gasteiger partial charge is 0.361 e. The van der Waals surface area contributed by atoms with Crippen LogP contribution in [0.25, 0.3) is 0 Å². The van der Waals surface area contributed by atoms with Crippen molar-refractivity contribution in [2.45, 2.75) is 58.5 Å². The van der Waals surface area contributed by atoms with Gasteiger partial charge in [-0.3, -0.25) is 4.79 Å². The minimum absolute atomic E-state index is 0.00621. The normalized spacial score (nSPS) is 20.5. The number of rotatable bonds is 3. The molecule has 4 rings (SSSR count). The van der Waals surface area contributed by atoms with Gasteiger partial charge in [-0.2, -0.15) is 0 Å². The van der Waals surface area contributed by atoms with Crippen LogP contribution in [0.2, 0.25) is 0 Å². The topological polar surface area (TPSA) is 89.1 Å². The Bertz CT molecular complexity index is 803. The van der Waals surface area contributed by atoms with Crippen LogP contribution >= 0.6 is 0 Å². The minimum atomic E-state index is 0.00621. The van der Waals surface area contributed by atoms with E-state index in [-0.39, 0.29) is 17.9 Å². The van der Waals surface area contributed by atoms with Gasteiger partial charge < -0.3 is 19.3 Å². The third-order valence-electron chi connectivity index (χ3n) is 5.36. The summed E-state index contributed by atoms with van der Waals surface area (Å²) in [7, 11) is 0. The Kier molecular flexibility index (Phi) is 4.52. The Hall–Kier alpha value is -2.22. The van der Waals surface area contributed by atoms with Gasteiger partial charge >= 0.3 is 0 Å². The molecule has 0 unspecified atom stereocenters. The van der Waals surface area contributed by atoms with Crippen LogP contribution in [0.1, 0.15) is 72.1 Å². The molecule has 1 N–H and O–H groups in total. The van der Waals surface area contributed by atoms with Gasteiger partial charge in [0, 0.05) is 26.1 Å². The first-order valence-electron chi connectivity index (χ1n) is 9.47. The van der Waals surface area contributed by atoms with E-state index in [1.54, 1.807) is 0 Å². The van der Waals surface area contributed by atoms with Gasteiger partial charge in [0.1, 0.15) is 23.0 Å². The highest BCUT2D eigenvalue weighted by Crippen LogP contribution is 2.26. The predicted octanol–water partition coefficient (Wildman–Crippen LogP) is 1.82. The van der Waals surface area contributed by atoms with Crippen LogP contribution in [-0.4, -0.2) is 50.4 Å². The molecule has 140 valence electrons. The molecule has 0 saturated carbocycles. The molecule has 0 aromatic carbocycles. The number of aromatic nitrogens is 4. The van der Waals surface area contributed by atoms with E-state index in [2.05, 4.69) is 25.2 Å². The van der Waals surface area contributed by atoms with Crippen LogP contribution in [0, 0.1) is 6.92 Å². The van der Waals surface area contributed by atoms with E-state index >= 15 is 0 Å². The zero-order valence-corrected chi connectivity index (χ0v) is 15.7. The fraction of sp³-hybridized carbons (Fsp3) is 0.667. The predicted molar refractivity (Wildman–Crippen MR) is 94.9 cm³/mol. The summed E-state index contributed by atoms with van der Waals surface area (Å²) >= 11 is 0. The number of carbonyl (C=O) groups excluding carboxylic acids is 1. The van der Waals surface area contributed by atoms with E-state index in [9.17, 15) is 4.79 Å². The second kappa shape index (κ2) is 6.83. The van der Waals surface area contributed by atoms with Crippen LogP contribution in [0.15, 0.2) is 4.52 Å².